The van der Waals surface area contributed by atoms with Crippen LogP contribution in [0.25, 0.3) is 0 Å². The molecule has 126 valence electrons. The van der Waals surface area contributed by atoms with Gasteiger partial charge in [0.05, 0.1) is 6.10 Å². The molecule has 2 N–H and O–H groups in total. The van der Waals surface area contributed by atoms with Gasteiger partial charge >= 0.3 is 0 Å². The molecule has 1 atom stereocenters. The summed E-state index contributed by atoms with van der Waals surface area (Å²) < 4.78 is 5.84. The Labute approximate surface area is 152 Å². The largest absolute Gasteiger partial charge is 0.374 e. The van der Waals surface area contributed by atoms with E-state index in [1.165, 1.54) is 5.56 Å². The first kappa shape index (κ1) is 21.2. The summed E-state index contributed by atoms with van der Waals surface area (Å²) in [7, 11) is 0. The SMILES string of the molecule is CCNC(=NCCCOC(C)c1ccccc1)NC(C)C.I. The van der Waals surface area contributed by atoms with E-state index in [0.717, 1.165) is 32.1 Å². The van der Waals surface area contributed by atoms with Crippen molar-refractivity contribution in [2.75, 3.05) is 19.7 Å². The Balaban J connectivity index is 0.00000441. The highest BCUT2D eigenvalue weighted by molar-refractivity contribution is 14.0. The molecule has 0 aliphatic carbocycles. The highest BCUT2D eigenvalue weighted by Crippen LogP contribution is 2.15. The zero-order valence-corrected chi connectivity index (χ0v) is 16.5. The molecule has 1 aromatic rings. The maximum Gasteiger partial charge on any atom is 0.191 e. The summed E-state index contributed by atoms with van der Waals surface area (Å²) in [5.74, 6) is 0.878. The van der Waals surface area contributed by atoms with E-state index >= 15 is 0 Å². The molecule has 4 nitrogen and oxygen atoms in total. The third-order valence-corrected chi connectivity index (χ3v) is 2.98. The van der Waals surface area contributed by atoms with Gasteiger partial charge in [-0.05, 0) is 39.7 Å². The lowest BCUT2D eigenvalue weighted by molar-refractivity contribution is 0.0652. The Kier molecular flexibility index (Phi) is 12.2. The quantitative estimate of drug-likeness (QED) is 0.292. The summed E-state index contributed by atoms with van der Waals surface area (Å²) in [6, 6.07) is 10.7. The fourth-order valence-electron chi connectivity index (χ4n) is 1.93. The average molecular weight is 419 g/mol. The minimum Gasteiger partial charge on any atom is -0.374 e. The predicted octanol–water partition coefficient (Wildman–Crippen LogP) is 3.74. The second-order valence-corrected chi connectivity index (χ2v) is 5.34. The molecular formula is C17H30IN3O. The van der Waals surface area contributed by atoms with Crippen LogP contribution >= 0.6 is 24.0 Å². The van der Waals surface area contributed by atoms with Gasteiger partial charge in [0, 0.05) is 25.7 Å². The number of halogens is 1. The van der Waals surface area contributed by atoms with Crippen LogP contribution in [0.15, 0.2) is 35.3 Å². The van der Waals surface area contributed by atoms with Gasteiger partial charge in [0.15, 0.2) is 5.96 Å². The molecule has 0 bridgehead atoms. The summed E-state index contributed by atoms with van der Waals surface area (Å²) in [6.07, 6.45) is 1.06. The van der Waals surface area contributed by atoms with Gasteiger partial charge in [-0.25, -0.2) is 0 Å². The van der Waals surface area contributed by atoms with Gasteiger partial charge in [0.2, 0.25) is 0 Å². The fraction of sp³-hybridized carbons (Fsp3) is 0.588. The van der Waals surface area contributed by atoms with Crippen LogP contribution in [0.5, 0.6) is 0 Å². The third-order valence-electron chi connectivity index (χ3n) is 2.98. The van der Waals surface area contributed by atoms with Crippen molar-refractivity contribution in [2.24, 2.45) is 4.99 Å². The van der Waals surface area contributed by atoms with Crippen LogP contribution < -0.4 is 10.6 Å². The van der Waals surface area contributed by atoms with E-state index in [-0.39, 0.29) is 30.1 Å². The molecule has 0 aliphatic heterocycles. The van der Waals surface area contributed by atoms with Gasteiger partial charge in [0.1, 0.15) is 0 Å². The number of aliphatic imine (C=N–C) groups is 1. The molecule has 1 rings (SSSR count). The van der Waals surface area contributed by atoms with Gasteiger partial charge in [-0.15, -0.1) is 24.0 Å². The summed E-state index contributed by atoms with van der Waals surface area (Å²) in [6.45, 7) is 10.7. The summed E-state index contributed by atoms with van der Waals surface area (Å²) >= 11 is 0. The number of rotatable bonds is 8. The number of hydrogen-bond donors (Lipinski definition) is 2. The number of ether oxygens (including phenoxy) is 1. The van der Waals surface area contributed by atoms with Crippen molar-refractivity contribution in [3.05, 3.63) is 35.9 Å². The minimum absolute atomic E-state index is 0. The van der Waals surface area contributed by atoms with Crippen molar-refractivity contribution in [2.45, 2.75) is 46.3 Å². The van der Waals surface area contributed by atoms with Gasteiger partial charge in [-0.1, -0.05) is 30.3 Å². The van der Waals surface area contributed by atoms with Gasteiger partial charge in [0.25, 0.3) is 0 Å². The lowest BCUT2D eigenvalue weighted by atomic mass is 10.1. The van der Waals surface area contributed by atoms with E-state index in [1.54, 1.807) is 0 Å². The van der Waals surface area contributed by atoms with Crippen LogP contribution in [0.1, 0.15) is 45.8 Å². The summed E-state index contributed by atoms with van der Waals surface area (Å²) in [5.41, 5.74) is 1.22. The fourth-order valence-corrected chi connectivity index (χ4v) is 1.93. The van der Waals surface area contributed by atoms with Crippen molar-refractivity contribution < 1.29 is 4.74 Å². The van der Waals surface area contributed by atoms with Crippen molar-refractivity contribution in [3.63, 3.8) is 0 Å². The smallest absolute Gasteiger partial charge is 0.191 e. The standard InChI is InChI=1S/C17H29N3O.HI/c1-5-18-17(20-14(2)3)19-12-9-13-21-15(4)16-10-7-6-8-11-16;/h6-8,10-11,14-15H,5,9,12-13H2,1-4H3,(H2,18,19,20);1H. The summed E-state index contributed by atoms with van der Waals surface area (Å²) in [4.78, 5) is 4.54. The highest BCUT2D eigenvalue weighted by atomic mass is 127. The molecule has 0 amide bonds. The van der Waals surface area contributed by atoms with Crippen molar-refractivity contribution in [3.8, 4) is 0 Å². The van der Waals surface area contributed by atoms with Crippen molar-refractivity contribution in [1.29, 1.82) is 0 Å². The average Bonchev–Trinajstić information content (AvgIpc) is 2.47. The molecule has 0 aromatic heterocycles. The molecule has 0 fully saturated rings. The van der Waals surface area contributed by atoms with E-state index in [1.807, 2.05) is 18.2 Å². The normalized spacial score (nSPS) is 12.7. The molecule has 22 heavy (non-hydrogen) atoms. The maximum absolute atomic E-state index is 5.84. The zero-order chi connectivity index (χ0) is 15.5. The number of nitrogens with one attached hydrogen (secondary N) is 2. The number of benzene rings is 1. The first-order valence-corrected chi connectivity index (χ1v) is 7.84. The van der Waals surface area contributed by atoms with Crippen LogP contribution in [0, 0.1) is 0 Å². The first-order chi connectivity index (χ1) is 10.1. The Morgan fingerprint density at radius 3 is 2.45 bits per heavy atom. The minimum atomic E-state index is 0. The van der Waals surface area contributed by atoms with E-state index in [2.05, 4.69) is 55.5 Å². The van der Waals surface area contributed by atoms with Gasteiger partial charge in [-0.3, -0.25) is 4.99 Å². The van der Waals surface area contributed by atoms with E-state index < -0.39 is 0 Å². The molecule has 0 saturated heterocycles. The maximum atomic E-state index is 5.84. The number of guanidine groups is 1. The lowest BCUT2D eigenvalue weighted by Crippen LogP contribution is -2.41. The third kappa shape index (κ3) is 9.25. The van der Waals surface area contributed by atoms with Crippen molar-refractivity contribution in [1.82, 2.24) is 10.6 Å². The Bertz CT molecular complexity index is 410. The monoisotopic (exact) mass is 419 g/mol. The molecule has 0 radical (unpaired) electrons. The van der Waals surface area contributed by atoms with Gasteiger partial charge < -0.3 is 15.4 Å². The highest BCUT2D eigenvalue weighted by Gasteiger charge is 2.04. The van der Waals surface area contributed by atoms with Crippen molar-refractivity contribution >= 4 is 29.9 Å². The molecule has 1 aromatic carbocycles. The second kappa shape index (κ2) is 12.7. The van der Waals surface area contributed by atoms with E-state index in [0.29, 0.717) is 6.04 Å². The van der Waals surface area contributed by atoms with Crippen LogP contribution in [-0.2, 0) is 4.74 Å². The van der Waals surface area contributed by atoms with Crippen LogP contribution in [0.3, 0.4) is 0 Å². The molecule has 0 aliphatic rings. The van der Waals surface area contributed by atoms with Gasteiger partial charge in [-0.2, -0.15) is 0 Å². The topological polar surface area (TPSA) is 45.7 Å². The number of nitrogens with zero attached hydrogens (tertiary/aromatic N) is 1. The van der Waals surface area contributed by atoms with E-state index in [4.69, 9.17) is 4.74 Å². The molecule has 0 saturated carbocycles. The lowest BCUT2D eigenvalue weighted by Gasteiger charge is -2.15. The predicted molar refractivity (Wildman–Crippen MR) is 105 cm³/mol. The molecular weight excluding hydrogens is 389 g/mol. The van der Waals surface area contributed by atoms with Crippen LogP contribution in [0.4, 0.5) is 0 Å². The Morgan fingerprint density at radius 2 is 1.86 bits per heavy atom. The second-order valence-electron chi connectivity index (χ2n) is 5.34. The number of hydrogen-bond acceptors (Lipinski definition) is 2. The Morgan fingerprint density at radius 1 is 1.18 bits per heavy atom. The molecule has 5 heteroatoms. The summed E-state index contributed by atoms with van der Waals surface area (Å²) in [5, 5.41) is 6.54. The van der Waals surface area contributed by atoms with Crippen LogP contribution in [-0.4, -0.2) is 31.7 Å². The van der Waals surface area contributed by atoms with Crippen LogP contribution in [0.2, 0.25) is 0 Å². The van der Waals surface area contributed by atoms with E-state index in [9.17, 15) is 0 Å². The molecule has 0 spiro atoms. The molecule has 0 heterocycles. The zero-order valence-electron chi connectivity index (χ0n) is 14.1. The molecule has 1 unspecified atom stereocenters. The first-order valence-electron chi connectivity index (χ1n) is 7.84. The Hall–Kier alpha value is -0.820.